The molecule has 0 aliphatic carbocycles. The SMILES string of the molecule is O=C(Nc1ccccc1S(=O)(=O)C(F)F)C1CCN(C(=O)c2cccs2)CC1. The van der Waals surface area contributed by atoms with Crippen LogP contribution < -0.4 is 5.32 Å². The number of benzene rings is 1. The van der Waals surface area contributed by atoms with Crippen molar-refractivity contribution in [3.63, 3.8) is 0 Å². The molecule has 28 heavy (non-hydrogen) atoms. The van der Waals surface area contributed by atoms with Crippen LogP contribution >= 0.6 is 11.3 Å². The van der Waals surface area contributed by atoms with Gasteiger partial charge in [-0.1, -0.05) is 18.2 Å². The Morgan fingerprint density at radius 3 is 2.39 bits per heavy atom. The number of carbonyl (C=O) groups is 2. The summed E-state index contributed by atoms with van der Waals surface area (Å²) in [6, 6.07) is 8.64. The zero-order valence-corrected chi connectivity index (χ0v) is 16.3. The topological polar surface area (TPSA) is 83.6 Å². The molecule has 1 aliphatic heterocycles. The van der Waals surface area contributed by atoms with E-state index >= 15 is 0 Å². The summed E-state index contributed by atoms with van der Waals surface area (Å²) in [5, 5.41) is 4.28. The first-order valence-electron chi connectivity index (χ1n) is 8.55. The normalized spacial score (nSPS) is 15.6. The molecule has 1 aromatic heterocycles. The molecular formula is C18H18F2N2O4S2. The fourth-order valence-electron chi connectivity index (χ4n) is 3.05. The standard InChI is InChI=1S/C18H18F2N2O4S2/c19-18(20)28(25,26)15-6-2-1-4-13(15)21-16(23)12-7-9-22(10-8-12)17(24)14-5-3-11-27-14/h1-6,11-12,18H,7-10H2,(H,21,23). The van der Waals surface area contributed by atoms with Crippen LogP contribution in [0.15, 0.2) is 46.7 Å². The summed E-state index contributed by atoms with van der Waals surface area (Å²) in [5.41, 5.74) is -0.162. The molecule has 0 spiro atoms. The van der Waals surface area contributed by atoms with Crippen molar-refractivity contribution in [2.45, 2.75) is 23.5 Å². The van der Waals surface area contributed by atoms with E-state index in [2.05, 4.69) is 5.32 Å². The Bertz CT molecular complexity index is 954. The number of rotatable bonds is 5. The van der Waals surface area contributed by atoms with Crippen LogP contribution in [0.1, 0.15) is 22.5 Å². The molecule has 0 atom stereocenters. The lowest BCUT2D eigenvalue weighted by Crippen LogP contribution is -2.41. The fraction of sp³-hybridized carbons (Fsp3) is 0.333. The largest absolute Gasteiger partial charge is 0.341 e. The maximum Gasteiger partial charge on any atom is 0.341 e. The van der Waals surface area contributed by atoms with Crippen molar-refractivity contribution in [2.75, 3.05) is 18.4 Å². The number of hydrogen-bond donors (Lipinski definition) is 1. The maximum atomic E-state index is 12.9. The van der Waals surface area contributed by atoms with Crippen molar-refractivity contribution < 1.29 is 26.8 Å². The minimum absolute atomic E-state index is 0.0813. The van der Waals surface area contributed by atoms with Gasteiger partial charge in [-0.3, -0.25) is 9.59 Å². The highest BCUT2D eigenvalue weighted by molar-refractivity contribution is 7.91. The van der Waals surface area contributed by atoms with Crippen molar-refractivity contribution in [3.8, 4) is 0 Å². The molecule has 0 bridgehead atoms. The number of piperidine rings is 1. The number of para-hydroxylation sites is 1. The Balaban J connectivity index is 1.65. The van der Waals surface area contributed by atoms with Crippen molar-refractivity contribution in [1.82, 2.24) is 4.90 Å². The molecule has 10 heteroatoms. The number of amides is 2. The highest BCUT2D eigenvalue weighted by Crippen LogP contribution is 2.28. The molecule has 1 aromatic carbocycles. The third-order valence-corrected chi connectivity index (χ3v) is 6.87. The molecule has 2 amide bonds. The summed E-state index contributed by atoms with van der Waals surface area (Å²) in [6.45, 7) is 0.789. The number of anilines is 1. The van der Waals surface area contributed by atoms with Gasteiger partial charge in [0.2, 0.25) is 15.7 Å². The molecule has 3 rings (SSSR count). The van der Waals surface area contributed by atoms with Crippen molar-refractivity contribution >= 4 is 38.7 Å². The predicted octanol–water partition coefficient (Wildman–Crippen LogP) is 3.24. The molecule has 1 fully saturated rings. The van der Waals surface area contributed by atoms with Crippen molar-refractivity contribution in [1.29, 1.82) is 0 Å². The number of sulfone groups is 1. The Hall–Kier alpha value is -2.33. The van der Waals surface area contributed by atoms with E-state index in [1.54, 1.807) is 17.0 Å². The second-order valence-corrected chi connectivity index (χ2v) is 9.17. The highest BCUT2D eigenvalue weighted by atomic mass is 32.2. The lowest BCUT2D eigenvalue weighted by molar-refractivity contribution is -0.121. The third kappa shape index (κ3) is 4.22. The van der Waals surface area contributed by atoms with Crippen LogP contribution in [0.5, 0.6) is 0 Å². The number of likely N-dealkylation sites (tertiary alicyclic amines) is 1. The summed E-state index contributed by atoms with van der Waals surface area (Å²) < 4.78 is 49.3. The first-order valence-corrected chi connectivity index (χ1v) is 11.0. The summed E-state index contributed by atoms with van der Waals surface area (Å²) in [4.78, 5) is 26.6. The van der Waals surface area contributed by atoms with Gasteiger partial charge < -0.3 is 10.2 Å². The van der Waals surface area contributed by atoms with E-state index < -0.39 is 32.3 Å². The average Bonchev–Trinajstić information content (AvgIpc) is 3.22. The molecule has 1 saturated heterocycles. The van der Waals surface area contributed by atoms with Gasteiger partial charge in [0.25, 0.3) is 5.91 Å². The second kappa shape index (κ2) is 8.36. The molecule has 1 aliphatic rings. The maximum absolute atomic E-state index is 12.9. The van der Waals surface area contributed by atoms with E-state index in [1.807, 2.05) is 5.38 Å². The lowest BCUT2D eigenvalue weighted by Gasteiger charge is -2.31. The monoisotopic (exact) mass is 428 g/mol. The summed E-state index contributed by atoms with van der Waals surface area (Å²) in [7, 11) is -4.83. The van der Waals surface area contributed by atoms with Gasteiger partial charge in [-0.05, 0) is 36.4 Å². The molecule has 0 radical (unpaired) electrons. The Morgan fingerprint density at radius 1 is 1.11 bits per heavy atom. The van der Waals surface area contributed by atoms with Gasteiger partial charge in [-0.2, -0.15) is 8.78 Å². The second-order valence-electron chi connectivity index (χ2n) is 6.33. The van der Waals surface area contributed by atoms with Gasteiger partial charge >= 0.3 is 5.76 Å². The van der Waals surface area contributed by atoms with Crippen LogP contribution in [0.4, 0.5) is 14.5 Å². The Kier molecular flexibility index (Phi) is 6.09. The molecule has 150 valence electrons. The van der Waals surface area contributed by atoms with Crippen LogP contribution in [0.2, 0.25) is 0 Å². The fourth-order valence-corrected chi connectivity index (χ4v) is 4.63. The van der Waals surface area contributed by atoms with Crippen LogP contribution in [0.25, 0.3) is 0 Å². The number of nitrogens with one attached hydrogen (secondary N) is 1. The number of alkyl halides is 2. The number of halogens is 2. The summed E-state index contributed by atoms with van der Waals surface area (Å²) in [5.74, 6) is -4.53. The van der Waals surface area contributed by atoms with Gasteiger partial charge in [-0.15, -0.1) is 11.3 Å². The van der Waals surface area contributed by atoms with E-state index in [9.17, 15) is 26.8 Å². The molecular weight excluding hydrogens is 410 g/mol. The first kappa shape index (κ1) is 20.4. The van der Waals surface area contributed by atoms with Crippen LogP contribution in [0.3, 0.4) is 0 Å². The van der Waals surface area contributed by atoms with E-state index in [-0.39, 0.29) is 11.6 Å². The molecule has 2 heterocycles. The number of thiophene rings is 1. The molecule has 0 unspecified atom stereocenters. The number of carbonyl (C=O) groups excluding carboxylic acids is 2. The van der Waals surface area contributed by atoms with E-state index in [0.717, 1.165) is 6.07 Å². The lowest BCUT2D eigenvalue weighted by atomic mass is 9.95. The van der Waals surface area contributed by atoms with Crippen LogP contribution in [-0.4, -0.2) is 44.0 Å². The predicted molar refractivity (Wildman–Crippen MR) is 101 cm³/mol. The van der Waals surface area contributed by atoms with Gasteiger partial charge in [0.1, 0.15) is 0 Å². The zero-order valence-electron chi connectivity index (χ0n) is 14.7. The van der Waals surface area contributed by atoms with Crippen molar-refractivity contribution in [2.24, 2.45) is 5.92 Å². The van der Waals surface area contributed by atoms with E-state index in [0.29, 0.717) is 30.8 Å². The molecule has 2 aromatic rings. The van der Waals surface area contributed by atoms with Gasteiger partial charge in [0.15, 0.2) is 0 Å². The third-order valence-electron chi connectivity index (χ3n) is 4.57. The van der Waals surface area contributed by atoms with Crippen molar-refractivity contribution in [3.05, 3.63) is 46.7 Å². The number of nitrogens with zero attached hydrogens (tertiary/aromatic N) is 1. The molecule has 1 N–H and O–H groups in total. The Labute approximate surface area is 165 Å². The van der Waals surface area contributed by atoms with Crippen LogP contribution in [-0.2, 0) is 14.6 Å². The highest BCUT2D eigenvalue weighted by Gasteiger charge is 2.32. The van der Waals surface area contributed by atoms with Gasteiger partial charge in [-0.25, -0.2) is 8.42 Å². The minimum atomic E-state index is -4.83. The summed E-state index contributed by atoms with van der Waals surface area (Å²) in [6.07, 6.45) is 0.819. The molecule has 6 nitrogen and oxygen atoms in total. The van der Waals surface area contributed by atoms with E-state index in [4.69, 9.17) is 0 Å². The van der Waals surface area contributed by atoms with Gasteiger partial charge in [0.05, 0.1) is 15.5 Å². The first-order chi connectivity index (χ1) is 13.3. The van der Waals surface area contributed by atoms with Gasteiger partial charge in [0, 0.05) is 19.0 Å². The average molecular weight is 428 g/mol. The number of hydrogen-bond acceptors (Lipinski definition) is 5. The zero-order chi connectivity index (χ0) is 20.3. The quantitative estimate of drug-likeness (QED) is 0.793. The Morgan fingerprint density at radius 2 is 1.79 bits per heavy atom. The van der Waals surface area contributed by atoms with Crippen LogP contribution in [0, 0.1) is 5.92 Å². The smallest absolute Gasteiger partial charge is 0.338 e. The summed E-state index contributed by atoms with van der Waals surface area (Å²) >= 11 is 1.35. The van der Waals surface area contributed by atoms with E-state index in [1.165, 1.54) is 29.5 Å². The minimum Gasteiger partial charge on any atom is -0.338 e. The molecule has 0 saturated carbocycles.